The third kappa shape index (κ3) is 4.04. The molecule has 1 saturated heterocycles. The molecule has 0 saturated carbocycles. The second-order valence-electron chi connectivity index (χ2n) is 4.83. The van der Waals surface area contributed by atoms with Crippen molar-refractivity contribution in [1.82, 2.24) is 10.4 Å². The fourth-order valence-electron chi connectivity index (χ4n) is 2.24. The molecule has 1 amide bonds. The number of anilines is 1. The van der Waals surface area contributed by atoms with E-state index >= 15 is 0 Å². The summed E-state index contributed by atoms with van der Waals surface area (Å²) in [7, 11) is 0. The molecule has 3 N–H and O–H groups in total. The molecule has 0 spiro atoms. The Morgan fingerprint density at radius 1 is 1.28 bits per heavy atom. The van der Waals surface area contributed by atoms with Crippen molar-refractivity contribution in [2.75, 3.05) is 18.8 Å². The summed E-state index contributed by atoms with van der Waals surface area (Å²) in [4.78, 5) is 11.8. The van der Waals surface area contributed by atoms with E-state index in [4.69, 9.17) is 5.73 Å². The Morgan fingerprint density at radius 2 is 2.06 bits per heavy atom. The van der Waals surface area contributed by atoms with Crippen LogP contribution in [0, 0.1) is 0 Å². The summed E-state index contributed by atoms with van der Waals surface area (Å²) in [6, 6.07) is 7.71. The second-order valence-corrected chi connectivity index (χ2v) is 4.83. The summed E-state index contributed by atoms with van der Waals surface area (Å²) in [6.07, 6.45) is 4.88. The number of hydrogen-bond acceptors (Lipinski definition) is 3. The molecule has 4 nitrogen and oxygen atoms in total. The van der Waals surface area contributed by atoms with Crippen molar-refractivity contribution in [3.63, 3.8) is 0 Å². The molecule has 2 rings (SSSR count). The number of carbonyl (C=O) groups is 1. The smallest absolute Gasteiger partial charge is 0.234 e. The van der Waals surface area contributed by atoms with Gasteiger partial charge in [0, 0.05) is 25.2 Å². The van der Waals surface area contributed by atoms with E-state index in [0.717, 1.165) is 30.8 Å². The molecule has 98 valence electrons. The number of carbonyl (C=O) groups excluding carboxylic acids is 1. The molecular formula is C14H21N3O. The highest BCUT2D eigenvalue weighted by Gasteiger charge is 2.12. The average Bonchev–Trinajstić information content (AvgIpc) is 2.38. The van der Waals surface area contributed by atoms with Crippen LogP contribution in [-0.2, 0) is 11.2 Å². The zero-order valence-electron chi connectivity index (χ0n) is 10.7. The quantitative estimate of drug-likeness (QED) is 0.796. The summed E-state index contributed by atoms with van der Waals surface area (Å²) in [5.74, 6) is 0.0966. The van der Waals surface area contributed by atoms with Crippen molar-refractivity contribution in [2.45, 2.75) is 32.1 Å². The van der Waals surface area contributed by atoms with Crippen LogP contribution in [-0.4, -0.2) is 24.0 Å². The van der Waals surface area contributed by atoms with Crippen LogP contribution < -0.4 is 11.2 Å². The lowest BCUT2D eigenvalue weighted by Gasteiger charge is -2.26. The lowest BCUT2D eigenvalue weighted by molar-refractivity contribution is -0.126. The Kier molecular flexibility index (Phi) is 4.59. The van der Waals surface area contributed by atoms with E-state index < -0.39 is 0 Å². The molecule has 1 aromatic carbocycles. The van der Waals surface area contributed by atoms with Crippen molar-refractivity contribution in [2.24, 2.45) is 0 Å². The molecule has 18 heavy (non-hydrogen) atoms. The van der Waals surface area contributed by atoms with E-state index in [-0.39, 0.29) is 5.91 Å². The zero-order chi connectivity index (χ0) is 12.8. The van der Waals surface area contributed by atoms with Gasteiger partial charge >= 0.3 is 0 Å². The van der Waals surface area contributed by atoms with Crippen LogP contribution in [0.2, 0.25) is 0 Å². The van der Waals surface area contributed by atoms with Gasteiger partial charge < -0.3 is 5.73 Å². The van der Waals surface area contributed by atoms with Crippen LogP contribution in [0.25, 0.3) is 0 Å². The molecular weight excluding hydrogens is 226 g/mol. The summed E-state index contributed by atoms with van der Waals surface area (Å²) < 4.78 is 0. The molecule has 1 aromatic rings. The van der Waals surface area contributed by atoms with Gasteiger partial charge in [-0.3, -0.25) is 10.2 Å². The highest BCUT2D eigenvalue weighted by atomic mass is 16.2. The van der Waals surface area contributed by atoms with Gasteiger partial charge in [-0.15, -0.1) is 0 Å². The number of hydrazine groups is 1. The average molecular weight is 247 g/mol. The van der Waals surface area contributed by atoms with Gasteiger partial charge in [0.05, 0.1) is 0 Å². The molecule has 0 atom stereocenters. The number of nitrogen functional groups attached to an aromatic ring is 1. The topological polar surface area (TPSA) is 58.4 Å². The number of nitrogens with zero attached hydrogens (tertiary/aromatic N) is 1. The van der Waals surface area contributed by atoms with Gasteiger partial charge in [0.2, 0.25) is 5.91 Å². The number of piperidine rings is 1. The van der Waals surface area contributed by atoms with Crippen molar-refractivity contribution in [3.05, 3.63) is 29.8 Å². The van der Waals surface area contributed by atoms with Gasteiger partial charge in [0.25, 0.3) is 0 Å². The molecule has 0 radical (unpaired) electrons. The summed E-state index contributed by atoms with van der Waals surface area (Å²) >= 11 is 0. The van der Waals surface area contributed by atoms with E-state index in [1.165, 1.54) is 19.3 Å². The molecule has 1 aliphatic rings. The minimum Gasteiger partial charge on any atom is -0.399 e. The van der Waals surface area contributed by atoms with Crippen LogP contribution in [0.15, 0.2) is 24.3 Å². The first-order chi connectivity index (χ1) is 8.74. The van der Waals surface area contributed by atoms with Gasteiger partial charge in [-0.05, 0) is 37.0 Å². The maximum Gasteiger partial charge on any atom is 0.234 e. The van der Waals surface area contributed by atoms with Gasteiger partial charge in [-0.25, -0.2) is 5.01 Å². The van der Waals surface area contributed by atoms with Gasteiger partial charge in [0.1, 0.15) is 0 Å². The van der Waals surface area contributed by atoms with Crippen LogP contribution in [0.3, 0.4) is 0 Å². The fourth-order valence-corrected chi connectivity index (χ4v) is 2.24. The summed E-state index contributed by atoms with van der Waals surface area (Å²) in [5, 5.41) is 2.03. The van der Waals surface area contributed by atoms with E-state index in [1.54, 1.807) is 0 Å². The van der Waals surface area contributed by atoms with Crippen molar-refractivity contribution >= 4 is 11.6 Å². The number of nitrogens with one attached hydrogen (secondary N) is 1. The molecule has 1 fully saturated rings. The Bertz CT molecular complexity index is 400. The predicted molar refractivity (Wildman–Crippen MR) is 72.7 cm³/mol. The van der Waals surface area contributed by atoms with E-state index in [0.29, 0.717) is 6.42 Å². The third-order valence-electron chi connectivity index (χ3n) is 3.23. The highest BCUT2D eigenvalue weighted by molar-refractivity contribution is 5.75. The second kappa shape index (κ2) is 6.40. The van der Waals surface area contributed by atoms with E-state index in [9.17, 15) is 4.79 Å². The maximum atomic E-state index is 11.8. The summed E-state index contributed by atoms with van der Waals surface area (Å²) in [6.45, 7) is 1.95. The van der Waals surface area contributed by atoms with Crippen molar-refractivity contribution in [1.29, 1.82) is 0 Å². The lowest BCUT2D eigenvalue weighted by Crippen LogP contribution is -2.45. The van der Waals surface area contributed by atoms with Gasteiger partial charge in [-0.1, -0.05) is 18.6 Å². The number of aryl methyl sites for hydroxylation is 1. The van der Waals surface area contributed by atoms with E-state index in [2.05, 4.69) is 5.43 Å². The first-order valence-corrected chi connectivity index (χ1v) is 6.63. The van der Waals surface area contributed by atoms with Crippen molar-refractivity contribution < 1.29 is 4.79 Å². The third-order valence-corrected chi connectivity index (χ3v) is 3.23. The fraction of sp³-hybridized carbons (Fsp3) is 0.500. The summed E-state index contributed by atoms with van der Waals surface area (Å²) in [5.41, 5.74) is 10.5. The molecule has 1 heterocycles. The molecule has 0 aliphatic carbocycles. The SMILES string of the molecule is Nc1cccc(CCC(=O)NN2CCCCC2)c1. The molecule has 4 heteroatoms. The monoisotopic (exact) mass is 247 g/mol. The number of rotatable bonds is 4. The highest BCUT2D eigenvalue weighted by Crippen LogP contribution is 2.09. The van der Waals surface area contributed by atoms with Gasteiger partial charge in [0.15, 0.2) is 0 Å². The normalized spacial score (nSPS) is 16.4. The van der Waals surface area contributed by atoms with Crippen LogP contribution in [0.5, 0.6) is 0 Å². The van der Waals surface area contributed by atoms with E-state index in [1.807, 2.05) is 29.3 Å². The van der Waals surface area contributed by atoms with Gasteiger partial charge in [-0.2, -0.15) is 0 Å². The number of hydrogen-bond donors (Lipinski definition) is 2. The van der Waals surface area contributed by atoms with Crippen LogP contribution in [0.1, 0.15) is 31.2 Å². The standard InChI is InChI=1S/C14H21N3O/c15-13-6-4-5-12(11-13)7-8-14(18)16-17-9-2-1-3-10-17/h4-6,11H,1-3,7-10,15H2,(H,16,18). The lowest BCUT2D eigenvalue weighted by atomic mass is 10.1. The largest absolute Gasteiger partial charge is 0.399 e. The van der Waals surface area contributed by atoms with Crippen molar-refractivity contribution in [3.8, 4) is 0 Å². The zero-order valence-corrected chi connectivity index (χ0v) is 10.7. The Labute approximate surface area is 108 Å². The predicted octanol–water partition coefficient (Wildman–Crippen LogP) is 1.72. The molecule has 1 aliphatic heterocycles. The minimum atomic E-state index is 0.0966. The molecule has 0 unspecified atom stereocenters. The Balaban J connectivity index is 1.74. The number of benzene rings is 1. The Morgan fingerprint density at radius 3 is 2.78 bits per heavy atom. The first-order valence-electron chi connectivity index (χ1n) is 6.63. The maximum absolute atomic E-state index is 11.8. The number of nitrogens with two attached hydrogens (primary N) is 1. The van der Waals surface area contributed by atoms with Crippen LogP contribution in [0.4, 0.5) is 5.69 Å². The van der Waals surface area contributed by atoms with Crippen LogP contribution >= 0.6 is 0 Å². The molecule has 0 bridgehead atoms. The molecule has 0 aromatic heterocycles. The Hall–Kier alpha value is -1.55. The first kappa shape index (κ1) is 12.9. The minimum absolute atomic E-state index is 0.0966. The number of amides is 1.